The number of nitrogens with one attached hydrogen (secondary N) is 2. The molecule has 0 aliphatic rings. The molecule has 5 nitrogen and oxygen atoms in total. The summed E-state index contributed by atoms with van der Waals surface area (Å²) in [5.41, 5.74) is 3.97. The van der Waals surface area contributed by atoms with Gasteiger partial charge in [0, 0.05) is 38.4 Å². The van der Waals surface area contributed by atoms with Gasteiger partial charge >= 0.3 is 6.03 Å². The first kappa shape index (κ1) is 17.8. The Labute approximate surface area is 143 Å². The Kier molecular flexibility index (Phi) is 6.21. The number of rotatable bonds is 6. The maximum atomic E-state index is 12.0. The Hall–Kier alpha value is -2.53. The van der Waals surface area contributed by atoms with Crippen molar-refractivity contribution in [3.8, 4) is 0 Å². The van der Waals surface area contributed by atoms with Crippen LogP contribution in [0.15, 0.2) is 48.5 Å². The monoisotopic (exact) mass is 327 g/mol. The number of aliphatic hydroxyl groups is 1. The Morgan fingerprint density at radius 1 is 1.17 bits per heavy atom. The Bertz CT molecular complexity index is 672. The maximum absolute atomic E-state index is 12.0. The molecule has 24 heavy (non-hydrogen) atoms. The van der Waals surface area contributed by atoms with E-state index >= 15 is 0 Å². The fourth-order valence-electron chi connectivity index (χ4n) is 2.58. The fourth-order valence-corrected chi connectivity index (χ4v) is 2.58. The Balaban J connectivity index is 1.82. The van der Waals surface area contributed by atoms with Gasteiger partial charge in [-0.05, 0) is 36.2 Å². The zero-order valence-corrected chi connectivity index (χ0v) is 14.4. The van der Waals surface area contributed by atoms with Crippen molar-refractivity contribution >= 4 is 17.4 Å². The zero-order valence-electron chi connectivity index (χ0n) is 14.4. The molecule has 0 aliphatic carbocycles. The first-order chi connectivity index (χ1) is 11.5. The standard InChI is InChI=1S/C19H25N3O2/c1-14-11-16(9-10-18(14)22(2)3)21-19(24)20-13-17(23)12-15-7-5-4-6-8-15/h4-11,17,23H,12-13H2,1-3H3,(H2,20,21,24). The summed E-state index contributed by atoms with van der Waals surface area (Å²) in [7, 11) is 3.96. The van der Waals surface area contributed by atoms with Gasteiger partial charge in [-0.15, -0.1) is 0 Å². The number of anilines is 2. The molecule has 2 aromatic carbocycles. The van der Waals surface area contributed by atoms with E-state index in [1.807, 2.05) is 74.4 Å². The summed E-state index contributed by atoms with van der Waals surface area (Å²) >= 11 is 0. The molecule has 0 heterocycles. The third kappa shape index (κ3) is 5.28. The summed E-state index contributed by atoms with van der Waals surface area (Å²) in [5.74, 6) is 0. The number of carbonyl (C=O) groups is 1. The molecular formula is C19H25N3O2. The summed E-state index contributed by atoms with van der Waals surface area (Å²) in [5, 5.41) is 15.5. The van der Waals surface area contributed by atoms with E-state index in [-0.39, 0.29) is 12.6 Å². The van der Waals surface area contributed by atoms with Crippen LogP contribution < -0.4 is 15.5 Å². The second kappa shape index (κ2) is 8.36. The van der Waals surface area contributed by atoms with E-state index in [0.717, 1.165) is 22.5 Å². The van der Waals surface area contributed by atoms with Crippen molar-refractivity contribution in [3.63, 3.8) is 0 Å². The van der Waals surface area contributed by atoms with Crippen LogP contribution in [0.5, 0.6) is 0 Å². The molecule has 1 unspecified atom stereocenters. The lowest BCUT2D eigenvalue weighted by atomic mass is 10.1. The second-order valence-electron chi connectivity index (χ2n) is 6.07. The van der Waals surface area contributed by atoms with Gasteiger partial charge in [-0.2, -0.15) is 0 Å². The lowest BCUT2D eigenvalue weighted by Crippen LogP contribution is -2.36. The van der Waals surface area contributed by atoms with Crippen LogP contribution in [0.4, 0.5) is 16.2 Å². The summed E-state index contributed by atoms with van der Waals surface area (Å²) in [4.78, 5) is 14.0. The highest BCUT2D eigenvalue weighted by Crippen LogP contribution is 2.21. The van der Waals surface area contributed by atoms with Gasteiger partial charge < -0.3 is 20.6 Å². The molecule has 0 bridgehead atoms. The lowest BCUT2D eigenvalue weighted by molar-refractivity contribution is 0.172. The number of hydrogen-bond donors (Lipinski definition) is 3. The van der Waals surface area contributed by atoms with Crippen LogP contribution in [-0.4, -0.2) is 37.9 Å². The van der Waals surface area contributed by atoms with Gasteiger partial charge in [0.15, 0.2) is 0 Å². The van der Waals surface area contributed by atoms with Crippen molar-refractivity contribution in [3.05, 3.63) is 59.7 Å². The number of amides is 2. The highest BCUT2D eigenvalue weighted by atomic mass is 16.3. The molecule has 0 spiro atoms. The number of hydrogen-bond acceptors (Lipinski definition) is 3. The summed E-state index contributed by atoms with van der Waals surface area (Å²) in [6, 6.07) is 15.2. The largest absolute Gasteiger partial charge is 0.391 e. The number of urea groups is 1. The molecular weight excluding hydrogens is 302 g/mol. The fraction of sp³-hybridized carbons (Fsp3) is 0.316. The van der Waals surface area contributed by atoms with E-state index in [0.29, 0.717) is 6.42 Å². The number of aryl methyl sites for hydroxylation is 1. The molecule has 5 heteroatoms. The van der Waals surface area contributed by atoms with Crippen molar-refractivity contribution in [2.45, 2.75) is 19.4 Å². The van der Waals surface area contributed by atoms with E-state index in [4.69, 9.17) is 0 Å². The van der Waals surface area contributed by atoms with E-state index in [9.17, 15) is 9.90 Å². The molecule has 0 aliphatic heterocycles. The predicted molar refractivity (Wildman–Crippen MR) is 98.7 cm³/mol. The highest BCUT2D eigenvalue weighted by molar-refractivity contribution is 5.89. The zero-order chi connectivity index (χ0) is 17.5. The molecule has 128 valence electrons. The summed E-state index contributed by atoms with van der Waals surface area (Å²) < 4.78 is 0. The summed E-state index contributed by atoms with van der Waals surface area (Å²) in [6.07, 6.45) is -0.103. The van der Waals surface area contributed by atoms with Crippen LogP contribution in [0.25, 0.3) is 0 Å². The number of benzene rings is 2. The van der Waals surface area contributed by atoms with Crippen molar-refractivity contribution in [2.24, 2.45) is 0 Å². The molecule has 0 radical (unpaired) electrons. The minimum Gasteiger partial charge on any atom is -0.391 e. The van der Waals surface area contributed by atoms with Gasteiger partial charge in [0.2, 0.25) is 0 Å². The van der Waals surface area contributed by atoms with Gasteiger partial charge in [0.25, 0.3) is 0 Å². The van der Waals surface area contributed by atoms with Crippen LogP contribution in [0, 0.1) is 6.92 Å². The topological polar surface area (TPSA) is 64.6 Å². The van der Waals surface area contributed by atoms with Gasteiger partial charge in [-0.25, -0.2) is 4.79 Å². The minimum atomic E-state index is -0.615. The van der Waals surface area contributed by atoms with Crippen LogP contribution in [0.2, 0.25) is 0 Å². The molecule has 2 rings (SSSR count). The van der Waals surface area contributed by atoms with E-state index < -0.39 is 6.10 Å². The van der Waals surface area contributed by atoms with E-state index in [1.54, 1.807) is 0 Å². The Morgan fingerprint density at radius 2 is 1.88 bits per heavy atom. The van der Waals surface area contributed by atoms with Gasteiger partial charge in [0.1, 0.15) is 0 Å². The van der Waals surface area contributed by atoms with Crippen LogP contribution in [-0.2, 0) is 6.42 Å². The second-order valence-corrected chi connectivity index (χ2v) is 6.07. The number of carbonyl (C=O) groups excluding carboxylic acids is 1. The predicted octanol–water partition coefficient (Wildman–Crippen LogP) is 2.79. The molecule has 3 N–H and O–H groups in total. The van der Waals surface area contributed by atoms with E-state index in [1.165, 1.54) is 0 Å². The van der Waals surface area contributed by atoms with Crippen LogP contribution in [0.3, 0.4) is 0 Å². The van der Waals surface area contributed by atoms with Gasteiger partial charge in [0.05, 0.1) is 6.10 Å². The minimum absolute atomic E-state index is 0.204. The first-order valence-corrected chi connectivity index (χ1v) is 8.00. The number of nitrogens with zero attached hydrogens (tertiary/aromatic N) is 1. The van der Waals surface area contributed by atoms with Gasteiger partial charge in [-0.1, -0.05) is 30.3 Å². The molecule has 0 fully saturated rings. The van der Waals surface area contributed by atoms with Crippen molar-refractivity contribution < 1.29 is 9.90 Å². The quantitative estimate of drug-likeness (QED) is 0.764. The van der Waals surface area contributed by atoms with Crippen molar-refractivity contribution in [2.75, 3.05) is 30.9 Å². The molecule has 0 saturated carbocycles. The Morgan fingerprint density at radius 3 is 2.50 bits per heavy atom. The summed E-state index contributed by atoms with van der Waals surface area (Å²) in [6.45, 7) is 2.21. The first-order valence-electron chi connectivity index (χ1n) is 8.00. The molecule has 2 aromatic rings. The van der Waals surface area contributed by atoms with Gasteiger partial charge in [-0.3, -0.25) is 0 Å². The van der Waals surface area contributed by atoms with Crippen LogP contribution in [0.1, 0.15) is 11.1 Å². The third-order valence-corrected chi connectivity index (χ3v) is 3.75. The van der Waals surface area contributed by atoms with E-state index in [2.05, 4.69) is 10.6 Å². The number of aliphatic hydroxyl groups excluding tert-OH is 1. The van der Waals surface area contributed by atoms with Crippen molar-refractivity contribution in [1.82, 2.24) is 5.32 Å². The normalized spacial score (nSPS) is 11.7. The molecule has 0 aromatic heterocycles. The average molecular weight is 327 g/mol. The molecule has 1 atom stereocenters. The molecule has 2 amide bonds. The third-order valence-electron chi connectivity index (χ3n) is 3.75. The average Bonchev–Trinajstić information content (AvgIpc) is 2.53. The SMILES string of the molecule is Cc1cc(NC(=O)NCC(O)Cc2ccccc2)ccc1N(C)C. The maximum Gasteiger partial charge on any atom is 0.319 e. The highest BCUT2D eigenvalue weighted by Gasteiger charge is 2.09. The lowest BCUT2D eigenvalue weighted by Gasteiger charge is -2.17. The molecule has 0 saturated heterocycles. The van der Waals surface area contributed by atoms with Crippen molar-refractivity contribution in [1.29, 1.82) is 0 Å². The van der Waals surface area contributed by atoms with Crippen LogP contribution >= 0.6 is 0 Å². The smallest absolute Gasteiger partial charge is 0.319 e.